The van der Waals surface area contributed by atoms with Crippen LogP contribution in [-0.4, -0.2) is 5.78 Å². The summed E-state index contributed by atoms with van der Waals surface area (Å²) in [5, 5.41) is 0. The van der Waals surface area contributed by atoms with Gasteiger partial charge in [-0.3, -0.25) is 4.79 Å². The molecular weight excluding hydrogens is 160 g/mol. The van der Waals surface area contributed by atoms with Gasteiger partial charge in [0.15, 0.2) is 5.78 Å². The third kappa shape index (κ3) is 4.87. The maximum Gasteiger partial charge on any atom is 0.158 e. The van der Waals surface area contributed by atoms with E-state index in [1.165, 1.54) is 5.57 Å². The Bertz CT molecular complexity index is 174. The second-order valence-corrected chi connectivity index (χ2v) is 3.60. The van der Waals surface area contributed by atoms with Crippen molar-refractivity contribution in [2.24, 2.45) is 5.92 Å². The van der Waals surface area contributed by atoms with E-state index in [0.29, 0.717) is 5.78 Å². The topological polar surface area (TPSA) is 17.1 Å². The second-order valence-electron chi connectivity index (χ2n) is 3.60. The molecule has 1 nitrogen and oxygen atoms in total. The average Bonchev–Trinajstić information content (AvgIpc) is 2.14. The van der Waals surface area contributed by atoms with Crippen LogP contribution in [0.2, 0.25) is 0 Å². The predicted molar refractivity (Wildman–Crippen MR) is 57.7 cm³/mol. The van der Waals surface area contributed by atoms with Crippen molar-refractivity contribution in [2.75, 3.05) is 0 Å². The van der Waals surface area contributed by atoms with Gasteiger partial charge in [-0.2, -0.15) is 0 Å². The molecule has 0 spiro atoms. The van der Waals surface area contributed by atoms with Gasteiger partial charge < -0.3 is 0 Å². The molecule has 0 radical (unpaired) electrons. The van der Waals surface area contributed by atoms with Crippen LogP contribution in [0.15, 0.2) is 11.6 Å². The van der Waals surface area contributed by atoms with Gasteiger partial charge in [0.2, 0.25) is 0 Å². The first-order chi connectivity index (χ1) is 6.15. The third-order valence-electron chi connectivity index (χ3n) is 2.46. The lowest BCUT2D eigenvalue weighted by atomic mass is 9.98. The number of carbonyl (C=O) groups is 1. The molecule has 0 fully saturated rings. The van der Waals surface area contributed by atoms with Gasteiger partial charge in [-0.15, -0.1) is 0 Å². The van der Waals surface area contributed by atoms with Crippen molar-refractivity contribution in [3.63, 3.8) is 0 Å². The van der Waals surface area contributed by atoms with Gasteiger partial charge in [0.05, 0.1) is 0 Å². The molecule has 1 unspecified atom stereocenters. The zero-order valence-electron chi connectivity index (χ0n) is 9.39. The summed E-state index contributed by atoms with van der Waals surface area (Å²) < 4.78 is 0. The summed E-state index contributed by atoms with van der Waals surface area (Å²) in [5.74, 6) is 0.513. The highest BCUT2D eigenvalue weighted by Crippen LogP contribution is 2.11. The maximum absolute atomic E-state index is 11.6. The van der Waals surface area contributed by atoms with Crippen LogP contribution in [0.5, 0.6) is 0 Å². The first-order valence-electron chi connectivity index (χ1n) is 5.38. The number of carbonyl (C=O) groups excluding carboxylic acids is 1. The van der Waals surface area contributed by atoms with E-state index in [0.717, 1.165) is 25.7 Å². The number of hydrogen-bond acceptors (Lipinski definition) is 1. The Kier molecular flexibility index (Phi) is 6.56. The fraction of sp³-hybridized carbons (Fsp3) is 0.750. The normalized spacial score (nSPS) is 12.3. The SMILES string of the molecule is CCCC(C)C(=O)C=C(CC)CC. The molecule has 0 rings (SSSR count). The summed E-state index contributed by atoms with van der Waals surface area (Å²) in [6, 6.07) is 0. The minimum Gasteiger partial charge on any atom is -0.295 e. The van der Waals surface area contributed by atoms with Crippen LogP contribution in [0.25, 0.3) is 0 Å². The zero-order valence-corrected chi connectivity index (χ0v) is 9.39. The monoisotopic (exact) mass is 182 g/mol. The summed E-state index contributed by atoms with van der Waals surface area (Å²) >= 11 is 0. The summed E-state index contributed by atoms with van der Waals surface area (Å²) in [5.41, 5.74) is 1.27. The molecule has 0 aromatic carbocycles. The molecule has 0 heterocycles. The minimum absolute atomic E-state index is 0.207. The summed E-state index contributed by atoms with van der Waals surface area (Å²) in [6.45, 7) is 8.35. The number of hydrogen-bond donors (Lipinski definition) is 0. The zero-order chi connectivity index (χ0) is 10.3. The lowest BCUT2D eigenvalue weighted by Gasteiger charge is -2.06. The molecule has 0 bridgehead atoms. The van der Waals surface area contributed by atoms with E-state index in [2.05, 4.69) is 20.8 Å². The van der Waals surface area contributed by atoms with Crippen LogP contribution in [-0.2, 0) is 4.79 Å². The van der Waals surface area contributed by atoms with Crippen molar-refractivity contribution in [3.8, 4) is 0 Å². The Morgan fingerprint density at radius 3 is 2.15 bits per heavy atom. The first kappa shape index (κ1) is 12.4. The van der Waals surface area contributed by atoms with E-state index >= 15 is 0 Å². The third-order valence-corrected chi connectivity index (χ3v) is 2.46. The van der Waals surface area contributed by atoms with Crippen molar-refractivity contribution in [3.05, 3.63) is 11.6 Å². The highest BCUT2D eigenvalue weighted by molar-refractivity contribution is 5.92. The van der Waals surface area contributed by atoms with Crippen LogP contribution in [0.3, 0.4) is 0 Å². The van der Waals surface area contributed by atoms with Gasteiger partial charge in [-0.05, 0) is 25.3 Å². The van der Waals surface area contributed by atoms with Gasteiger partial charge in [-0.25, -0.2) is 0 Å². The van der Waals surface area contributed by atoms with E-state index in [9.17, 15) is 4.79 Å². The molecule has 0 aliphatic heterocycles. The Hall–Kier alpha value is -0.590. The Balaban J connectivity index is 4.17. The molecule has 0 saturated heterocycles. The summed E-state index contributed by atoms with van der Waals surface area (Å²) in [7, 11) is 0. The quantitative estimate of drug-likeness (QED) is 0.572. The second kappa shape index (κ2) is 6.88. The molecule has 0 aliphatic rings. The van der Waals surface area contributed by atoms with Crippen molar-refractivity contribution in [1.29, 1.82) is 0 Å². The van der Waals surface area contributed by atoms with Crippen LogP contribution < -0.4 is 0 Å². The Morgan fingerprint density at radius 2 is 1.77 bits per heavy atom. The standard InChI is InChI=1S/C12H22O/c1-5-8-10(4)12(13)9-11(6-2)7-3/h9-10H,5-8H2,1-4H3. The minimum atomic E-state index is 0.207. The molecule has 0 aromatic rings. The molecule has 76 valence electrons. The lowest BCUT2D eigenvalue weighted by molar-refractivity contribution is -0.117. The molecule has 13 heavy (non-hydrogen) atoms. The van der Waals surface area contributed by atoms with Crippen LogP contribution in [0.4, 0.5) is 0 Å². The van der Waals surface area contributed by atoms with Gasteiger partial charge in [0.1, 0.15) is 0 Å². The molecule has 0 saturated carbocycles. The molecule has 1 heteroatoms. The van der Waals surface area contributed by atoms with Gasteiger partial charge in [0.25, 0.3) is 0 Å². The van der Waals surface area contributed by atoms with E-state index in [4.69, 9.17) is 0 Å². The van der Waals surface area contributed by atoms with Crippen molar-refractivity contribution in [1.82, 2.24) is 0 Å². The number of allylic oxidation sites excluding steroid dienone is 2. The molecule has 0 aliphatic carbocycles. The fourth-order valence-corrected chi connectivity index (χ4v) is 1.37. The highest BCUT2D eigenvalue weighted by atomic mass is 16.1. The maximum atomic E-state index is 11.6. The summed E-state index contributed by atoms with van der Waals surface area (Å²) in [6.07, 6.45) is 5.95. The fourth-order valence-electron chi connectivity index (χ4n) is 1.37. The lowest BCUT2D eigenvalue weighted by Crippen LogP contribution is -2.08. The van der Waals surface area contributed by atoms with E-state index in [1.54, 1.807) is 0 Å². The van der Waals surface area contributed by atoms with Gasteiger partial charge in [-0.1, -0.05) is 39.7 Å². The molecular formula is C12H22O. The molecule has 0 aromatic heterocycles. The highest BCUT2D eigenvalue weighted by Gasteiger charge is 2.09. The van der Waals surface area contributed by atoms with Crippen molar-refractivity contribution < 1.29 is 4.79 Å². The van der Waals surface area contributed by atoms with E-state index < -0.39 is 0 Å². The van der Waals surface area contributed by atoms with Crippen LogP contribution in [0.1, 0.15) is 53.4 Å². The number of ketones is 1. The molecule has 0 N–H and O–H groups in total. The van der Waals surface area contributed by atoms with Gasteiger partial charge >= 0.3 is 0 Å². The smallest absolute Gasteiger partial charge is 0.158 e. The number of rotatable bonds is 6. The van der Waals surface area contributed by atoms with Gasteiger partial charge in [0, 0.05) is 5.92 Å². The molecule has 1 atom stereocenters. The van der Waals surface area contributed by atoms with E-state index in [-0.39, 0.29) is 5.92 Å². The Morgan fingerprint density at radius 1 is 1.23 bits per heavy atom. The average molecular weight is 182 g/mol. The van der Waals surface area contributed by atoms with Crippen molar-refractivity contribution in [2.45, 2.75) is 53.4 Å². The largest absolute Gasteiger partial charge is 0.295 e. The molecule has 0 amide bonds. The Labute approximate surface area is 82.2 Å². The first-order valence-corrected chi connectivity index (χ1v) is 5.38. The van der Waals surface area contributed by atoms with E-state index in [1.807, 2.05) is 13.0 Å². The van der Waals surface area contributed by atoms with Crippen LogP contribution in [0, 0.1) is 5.92 Å². The van der Waals surface area contributed by atoms with Crippen LogP contribution >= 0.6 is 0 Å². The summed E-state index contributed by atoms with van der Waals surface area (Å²) in [4.78, 5) is 11.6. The predicted octanol–water partition coefficient (Wildman–Crippen LogP) is 3.74. The van der Waals surface area contributed by atoms with Crippen molar-refractivity contribution >= 4 is 5.78 Å².